The molecule has 0 heterocycles. The molecule has 102 valence electrons. The number of hydrogen-bond donors (Lipinski definition) is 2. The van der Waals surface area contributed by atoms with Gasteiger partial charge in [-0.15, -0.1) is 12.4 Å². The number of amides is 1. The van der Waals surface area contributed by atoms with E-state index in [2.05, 4.69) is 5.32 Å². The van der Waals surface area contributed by atoms with E-state index in [-0.39, 0.29) is 18.3 Å². The second-order valence-electron chi connectivity index (χ2n) is 4.52. The maximum atomic E-state index is 11.8. The molecule has 17 heavy (non-hydrogen) atoms. The zero-order valence-corrected chi connectivity index (χ0v) is 11.5. The van der Waals surface area contributed by atoms with E-state index >= 15 is 0 Å². The second kappa shape index (κ2) is 8.72. The third kappa shape index (κ3) is 5.70. The molecular formula is C12H25ClN2O2. The highest BCUT2D eigenvalue weighted by Gasteiger charge is 2.36. The lowest BCUT2D eigenvalue weighted by atomic mass is 9.98. The average Bonchev–Trinajstić information content (AvgIpc) is 2.71. The van der Waals surface area contributed by atoms with Crippen molar-refractivity contribution in [3.8, 4) is 0 Å². The van der Waals surface area contributed by atoms with Crippen molar-refractivity contribution < 1.29 is 9.53 Å². The van der Waals surface area contributed by atoms with Gasteiger partial charge >= 0.3 is 0 Å². The first kappa shape index (κ1) is 16.7. The maximum Gasteiger partial charge on any atom is 0.240 e. The van der Waals surface area contributed by atoms with E-state index in [1.165, 1.54) is 0 Å². The van der Waals surface area contributed by atoms with Crippen LogP contribution in [-0.4, -0.2) is 31.2 Å². The molecule has 0 spiro atoms. The summed E-state index contributed by atoms with van der Waals surface area (Å²) in [6, 6.07) is 0. The number of nitrogens with two attached hydrogens (primary N) is 1. The van der Waals surface area contributed by atoms with Crippen molar-refractivity contribution in [2.45, 2.75) is 51.0 Å². The Labute approximate surface area is 110 Å². The van der Waals surface area contributed by atoms with Crippen LogP contribution in [0.2, 0.25) is 0 Å². The molecule has 0 aromatic rings. The van der Waals surface area contributed by atoms with Gasteiger partial charge in [0.1, 0.15) is 0 Å². The fraction of sp³-hybridized carbons (Fsp3) is 0.917. The van der Waals surface area contributed by atoms with E-state index in [1.807, 2.05) is 6.92 Å². The van der Waals surface area contributed by atoms with Crippen molar-refractivity contribution in [1.82, 2.24) is 5.32 Å². The summed E-state index contributed by atoms with van der Waals surface area (Å²) in [7, 11) is 0. The van der Waals surface area contributed by atoms with Crippen LogP contribution in [0.15, 0.2) is 0 Å². The first-order valence-electron chi connectivity index (χ1n) is 6.34. The molecule has 0 saturated heterocycles. The molecule has 4 nitrogen and oxygen atoms in total. The van der Waals surface area contributed by atoms with Crippen molar-refractivity contribution in [2.75, 3.05) is 19.8 Å². The highest BCUT2D eigenvalue weighted by atomic mass is 35.5. The van der Waals surface area contributed by atoms with Crippen LogP contribution in [0.25, 0.3) is 0 Å². The predicted molar refractivity (Wildman–Crippen MR) is 71.4 cm³/mol. The number of rotatable bonds is 7. The largest absolute Gasteiger partial charge is 0.382 e. The molecule has 0 atom stereocenters. The highest BCUT2D eigenvalue weighted by molar-refractivity contribution is 5.86. The summed E-state index contributed by atoms with van der Waals surface area (Å²) < 4.78 is 5.22. The van der Waals surface area contributed by atoms with Gasteiger partial charge in [0.25, 0.3) is 0 Å². The maximum absolute atomic E-state index is 11.8. The predicted octanol–water partition coefficient (Wildman–Crippen LogP) is 1.61. The van der Waals surface area contributed by atoms with E-state index in [9.17, 15) is 4.79 Å². The topological polar surface area (TPSA) is 64.3 Å². The van der Waals surface area contributed by atoms with Gasteiger partial charge in [-0.1, -0.05) is 12.8 Å². The Bertz CT molecular complexity index is 219. The monoisotopic (exact) mass is 264 g/mol. The Hall–Kier alpha value is -0.320. The van der Waals surface area contributed by atoms with Crippen LogP contribution in [-0.2, 0) is 9.53 Å². The van der Waals surface area contributed by atoms with Gasteiger partial charge in [0.05, 0.1) is 5.54 Å². The number of carbonyl (C=O) groups is 1. The van der Waals surface area contributed by atoms with E-state index in [4.69, 9.17) is 10.5 Å². The molecule has 1 saturated carbocycles. The van der Waals surface area contributed by atoms with Gasteiger partial charge in [0.2, 0.25) is 5.91 Å². The smallest absolute Gasteiger partial charge is 0.240 e. The summed E-state index contributed by atoms with van der Waals surface area (Å²) in [6.45, 7) is 4.24. The molecule has 1 rings (SSSR count). The molecule has 3 N–H and O–H groups in total. The summed E-state index contributed by atoms with van der Waals surface area (Å²) in [5.41, 5.74) is 5.44. The Kier molecular flexibility index (Phi) is 8.56. The summed E-state index contributed by atoms with van der Waals surface area (Å²) in [6.07, 6.45) is 5.77. The average molecular weight is 265 g/mol. The van der Waals surface area contributed by atoms with Gasteiger partial charge in [-0.2, -0.15) is 0 Å². The highest BCUT2D eigenvalue weighted by Crippen LogP contribution is 2.27. The molecule has 5 heteroatoms. The molecular weight excluding hydrogens is 240 g/mol. The molecule has 1 aliphatic carbocycles. The molecule has 0 aliphatic heterocycles. The Morgan fingerprint density at radius 3 is 2.59 bits per heavy atom. The van der Waals surface area contributed by atoms with Gasteiger partial charge in [-0.05, 0) is 32.6 Å². The van der Waals surface area contributed by atoms with Gasteiger partial charge in [0, 0.05) is 19.8 Å². The van der Waals surface area contributed by atoms with E-state index < -0.39 is 5.54 Å². The molecule has 1 fully saturated rings. The lowest BCUT2D eigenvalue weighted by Gasteiger charge is -2.22. The fourth-order valence-electron chi connectivity index (χ4n) is 2.08. The molecule has 0 unspecified atom stereocenters. The first-order chi connectivity index (χ1) is 7.69. The molecule has 0 radical (unpaired) electrons. The van der Waals surface area contributed by atoms with Crippen molar-refractivity contribution in [1.29, 1.82) is 0 Å². The molecule has 0 aromatic carbocycles. The number of nitrogens with one attached hydrogen (secondary N) is 1. The van der Waals surface area contributed by atoms with Crippen LogP contribution in [0.5, 0.6) is 0 Å². The van der Waals surface area contributed by atoms with Gasteiger partial charge < -0.3 is 15.8 Å². The van der Waals surface area contributed by atoms with E-state index in [0.29, 0.717) is 6.54 Å². The number of halogens is 1. The van der Waals surface area contributed by atoms with E-state index in [0.717, 1.165) is 51.7 Å². The van der Waals surface area contributed by atoms with Gasteiger partial charge in [0.15, 0.2) is 0 Å². The summed E-state index contributed by atoms with van der Waals surface area (Å²) in [4.78, 5) is 11.8. The number of ether oxygens (including phenoxy) is 1. The molecule has 0 aromatic heterocycles. The van der Waals surface area contributed by atoms with Crippen molar-refractivity contribution in [2.24, 2.45) is 5.73 Å². The second-order valence-corrected chi connectivity index (χ2v) is 4.52. The van der Waals surface area contributed by atoms with Crippen LogP contribution in [0.1, 0.15) is 45.4 Å². The fourth-order valence-corrected chi connectivity index (χ4v) is 2.08. The van der Waals surface area contributed by atoms with Gasteiger partial charge in [-0.3, -0.25) is 4.79 Å². The quantitative estimate of drug-likeness (QED) is 0.687. The summed E-state index contributed by atoms with van der Waals surface area (Å²) in [5, 5.41) is 2.92. The Morgan fingerprint density at radius 2 is 2.00 bits per heavy atom. The zero-order chi connectivity index (χ0) is 11.9. The number of unbranched alkanes of at least 4 members (excludes halogenated alkanes) is 1. The van der Waals surface area contributed by atoms with Gasteiger partial charge in [-0.25, -0.2) is 0 Å². The summed E-state index contributed by atoms with van der Waals surface area (Å²) >= 11 is 0. The van der Waals surface area contributed by atoms with Crippen molar-refractivity contribution in [3.05, 3.63) is 0 Å². The lowest BCUT2D eigenvalue weighted by Crippen LogP contribution is -2.52. The molecule has 0 bridgehead atoms. The third-order valence-corrected chi connectivity index (χ3v) is 3.15. The molecule has 1 aliphatic rings. The Balaban J connectivity index is 0.00000256. The summed E-state index contributed by atoms with van der Waals surface area (Å²) in [5.74, 6) is 0.0291. The first-order valence-corrected chi connectivity index (χ1v) is 6.34. The molecule has 1 amide bonds. The van der Waals surface area contributed by atoms with Crippen LogP contribution >= 0.6 is 12.4 Å². The number of hydrogen-bond acceptors (Lipinski definition) is 3. The van der Waals surface area contributed by atoms with Crippen LogP contribution in [0, 0.1) is 0 Å². The van der Waals surface area contributed by atoms with Crippen LogP contribution < -0.4 is 11.1 Å². The number of carbonyl (C=O) groups excluding carboxylic acids is 1. The normalized spacial score (nSPS) is 17.5. The van der Waals surface area contributed by atoms with Crippen LogP contribution in [0.3, 0.4) is 0 Å². The Morgan fingerprint density at radius 1 is 1.35 bits per heavy atom. The minimum absolute atomic E-state index is 0. The third-order valence-electron chi connectivity index (χ3n) is 3.15. The van der Waals surface area contributed by atoms with Crippen LogP contribution in [0.4, 0.5) is 0 Å². The lowest BCUT2D eigenvalue weighted by molar-refractivity contribution is -0.126. The minimum atomic E-state index is -0.583. The van der Waals surface area contributed by atoms with E-state index in [1.54, 1.807) is 0 Å². The minimum Gasteiger partial charge on any atom is -0.382 e. The SMILES string of the molecule is CCOCCCCNC(=O)C1(N)CCCC1.Cl. The zero-order valence-electron chi connectivity index (χ0n) is 10.7. The van der Waals surface area contributed by atoms with Crippen molar-refractivity contribution >= 4 is 18.3 Å². The standard InChI is InChI=1S/C12H24N2O2.ClH/c1-2-16-10-6-5-9-14-11(15)12(13)7-3-4-8-12;/h2-10,13H2,1H3,(H,14,15);1H. The van der Waals surface area contributed by atoms with Crippen molar-refractivity contribution in [3.63, 3.8) is 0 Å².